The molecule has 94 valence electrons. The SMILES string of the molecule is CCC1CCC(N)C(c2cccc(Br)c2F)C1. The van der Waals surface area contributed by atoms with E-state index in [0.717, 1.165) is 18.4 Å². The molecule has 3 unspecified atom stereocenters. The molecule has 0 heterocycles. The van der Waals surface area contributed by atoms with Crippen molar-refractivity contribution in [2.75, 3.05) is 0 Å². The van der Waals surface area contributed by atoms with Gasteiger partial charge in [-0.15, -0.1) is 0 Å². The fourth-order valence-corrected chi connectivity index (χ4v) is 3.20. The van der Waals surface area contributed by atoms with Gasteiger partial charge in [-0.05, 0) is 52.7 Å². The zero-order valence-corrected chi connectivity index (χ0v) is 11.7. The first kappa shape index (κ1) is 13.0. The second-order valence-electron chi connectivity index (χ2n) is 5.00. The van der Waals surface area contributed by atoms with Crippen LogP contribution in [0.4, 0.5) is 4.39 Å². The number of nitrogens with two attached hydrogens (primary N) is 1. The first-order valence-electron chi connectivity index (χ1n) is 6.33. The van der Waals surface area contributed by atoms with Gasteiger partial charge in [-0.2, -0.15) is 0 Å². The zero-order valence-electron chi connectivity index (χ0n) is 10.1. The molecule has 2 rings (SSSR count). The molecule has 1 aromatic rings. The van der Waals surface area contributed by atoms with Gasteiger partial charge in [0.2, 0.25) is 0 Å². The summed E-state index contributed by atoms with van der Waals surface area (Å²) < 4.78 is 14.6. The Morgan fingerprint density at radius 1 is 1.41 bits per heavy atom. The Hall–Kier alpha value is -0.410. The van der Waals surface area contributed by atoms with E-state index >= 15 is 0 Å². The van der Waals surface area contributed by atoms with Crippen molar-refractivity contribution in [3.63, 3.8) is 0 Å². The van der Waals surface area contributed by atoms with Crippen molar-refractivity contribution in [1.29, 1.82) is 0 Å². The standard InChI is InChI=1S/C14H19BrFN/c1-2-9-6-7-13(17)11(8-9)10-4-3-5-12(15)14(10)16/h3-5,9,11,13H,2,6-8,17H2,1H3. The highest BCUT2D eigenvalue weighted by molar-refractivity contribution is 9.10. The van der Waals surface area contributed by atoms with Crippen molar-refractivity contribution in [3.05, 3.63) is 34.1 Å². The normalized spacial score (nSPS) is 29.3. The Balaban J connectivity index is 2.27. The predicted molar refractivity (Wildman–Crippen MR) is 72.4 cm³/mol. The Bertz CT molecular complexity index is 394. The second kappa shape index (κ2) is 5.49. The van der Waals surface area contributed by atoms with Crippen LogP contribution >= 0.6 is 15.9 Å². The molecule has 0 aliphatic heterocycles. The molecule has 0 spiro atoms. The number of hydrogen-bond acceptors (Lipinski definition) is 1. The highest BCUT2D eigenvalue weighted by Gasteiger charge is 2.30. The molecule has 0 bridgehead atoms. The van der Waals surface area contributed by atoms with Gasteiger partial charge in [0.25, 0.3) is 0 Å². The van der Waals surface area contributed by atoms with Gasteiger partial charge in [0.1, 0.15) is 5.82 Å². The minimum Gasteiger partial charge on any atom is -0.327 e. The Morgan fingerprint density at radius 2 is 2.18 bits per heavy atom. The molecule has 1 aromatic carbocycles. The summed E-state index contributed by atoms with van der Waals surface area (Å²) in [7, 11) is 0. The molecule has 0 saturated heterocycles. The molecule has 1 saturated carbocycles. The molecule has 1 fully saturated rings. The summed E-state index contributed by atoms with van der Waals surface area (Å²) in [5.41, 5.74) is 6.95. The van der Waals surface area contributed by atoms with Crippen molar-refractivity contribution in [2.24, 2.45) is 11.7 Å². The second-order valence-corrected chi connectivity index (χ2v) is 5.86. The molecule has 0 amide bonds. The first-order chi connectivity index (χ1) is 8.13. The van der Waals surface area contributed by atoms with Crippen molar-refractivity contribution in [1.82, 2.24) is 0 Å². The molecule has 0 aromatic heterocycles. The molecule has 17 heavy (non-hydrogen) atoms. The summed E-state index contributed by atoms with van der Waals surface area (Å²) in [6.07, 6.45) is 4.38. The van der Waals surface area contributed by atoms with Crippen LogP contribution in [0.25, 0.3) is 0 Å². The van der Waals surface area contributed by atoms with Crippen LogP contribution in [-0.2, 0) is 0 Å². The molecule has 3 atom stereocenters. The maximum Gasteiger partial charge on any atom is 0.140 e. The quantitative estimate of drug-likeness (QED) is 0.870. The minimum atomic E-state index is -0.135. The summed E-state index contributed by atoms with van der Waals surface area (Å²) in [6.45, 7) is 2.20. The van der Waals surface area contributed by atoms with Crippen LogP contribution in [0.3, 0.4) is 0 Å². The number of benzene rings is 1. The first-order valence-corrected chi connectivity index (χ1v) is 7.12. The van der Waals surface area contributed by atoms with Crippen molar-refractivity contribution >= 4 is 15.9 Å². The van der Waals surface area contributed by atoms with Gasteiger partial charge >= 0.3 is 0 Å². The maximum absolute atomic E-state index is 14.1. The molecule has 0 radical (unpaired) electrons. The molecule has 3 heteroatoms. The van der Waals surface area contributed by atoms with E-state index in [9.17, 15) is 4.39 Å². The number of rotatable bonds is 2. The molecule has 2 N–H and O–H groups in total. The predicted octanol–water partition coefficient (Wildman–Crippen LogP) is 4.21. The van der Waals surface area contributed by atoms with Crippen molar-refractivity contribution in [2.45, 2.75) is 44.6 Å². The average molecular weight is 300 g/mol. The van der Waals surface area contributed by atoms with E-state index in [0.29, 0.717) is 10.4 Å². The van der Waals surface area contributed by atoms with Crippen LogP contribution in [0.2, 0.25) is 0 Å². The lowest BCUT2D eigenvalue weighted by atomic mass is 9.74. The summed E-state index contributed by atoms with van der Waals surface area (Å²) in [6, 6.07) is 5.61. The van der Waals surface area contributed by atoms with E-state index in [4.69, 9.17) is 5.73 Å². The van der Waals surface area contributed by atoms with Gasteiger partial charge in [0, 0.05) is 12.0 Å². The smallest absolute Gasteiger partial charge is 0.140 e. The summed E-state index contributed by atoms with van der Waals surface area (Å²) >= 11 is 3.25. The highest BCUT2D eigenvalue weighted by Crippen LogP contribution is 2.38. The van der Waals surface area contributed by atoms with Gasteiger partial charge in [-0.25, -0.2) is 4.39 Å². The van der Waals surface area contributed by atoms with E-state index in [1.807, 2.05) is 12.1 Å². The molecular weight excluding hydrogens is 281 g/mol. The van der Waals surface area contributed by atoms with Crippen LogP contribution in [0.1, 0.15) is 44.1 Å². The lowest BCUT2D eigenvalue weighted by molar-refractivity contribution is 0.278. The molecule has 1 aliphatic carbocycles. The van der Waals surface area contributed by atoms with Crippen molar-refractivity contribution < 1.29 is 4.39 Å². The van der Waals surface area contributed by atoms with Gasteiger partial charge in [-0.3, -0.25) is 0 Å². The fourth-order valence-electron chi connectivity index (χ4n) is 2.82. The zero-order chi connectivity index (χ0) is 12.4. The third-order valence-corrected chi connectivity index (χ3v) is 4.58. The van der Waals surface area contributed by atoms with Gasteiger partial charge in [0.05, 0.1) is 4.47 Å². The van der Waals surface area contributed by atoms with E-state index in [-0.39, 0.29) is 17.8 Å². The fraction of sp³-hybridized carbons (Fsp3) is 0.571. The number of halogens is 2. The lowest BCUT2D eigenvalue weighted by Crippen LogP contribution is -2.35. The Kier molecular flexibility index (Phi) is 4.21. The van der Waals surface area contributed by atoms with Gasteiger partial charge in [-0.1, -0.05) is 25.5 Å². The van der Waals surface area contributed by atoms with Crippen LogP contribution in [0.15, 0.2) is 22.7 Å². The van der Waals surface area contributed by atoms with E-state index in [1.165, 1.54) is 12.8 Å². The van der Waals surface area contributed by atoms with Crippen LogP contribution in [-0.4, -0.2) is 6.04 Å². The summed E-state index contributed by atoms with van der Waals surface area (Å²) in [5.74, 6) is 0.731. The summed E-state index contributed by atoms with van der Waals surface area (Å²) in [5, 5.41) is 0. The lowest BCUT2D eigenvalue weighted by Gasteiger charge is -2.34. The average Bonchev–Trinajstić information content (AvgIpc) is 2.34. The van der Waals surface area contributed by atoms with Gasteiger partial charge in [0.15, 0.2) is 0 Å². The van der Waals surface area contributed by atoms with E-state index < -0.39 is 0 Å². The Labute approximate surface area is 111 Å². The van der Waals surface area contributed by atoms with E-state index in [2.05, 4.69) is 22.9 Å². The third kappa shape index (κ3) is 2.71. The topological polar surface area (TPSA) is 26.0 Å². The Morgan fingerprint density at radius 3 is 2.88 bits per heavy atom. The van der Waals surface area contributed by atoms with Crippen molar-refractivity contribution in [3.8, 4) is 0 Å². The van der Waals surface area contributed by atoms with Gasteiger partial charge < -0.3 is 5.73 Å². The maximum atomic E-state index is 14.1. The summed E-state index contributed by atoms with van der Waals surface area (Å²) in [4.78, 5) is 0. The van der Waals surface area contributed by atoms with Crippen LogP contribution in [0, 0.1) is 11.7 Å². The molecule has 1 nitrogen and oxygen atoms in total. The highest BCUT2D eigenvalue weighted by atomic mass is 79.9. The third-order valence-electron chi connectivity index (χ3n) is 3.97. The van der Waals surface area contributed by atoms with Crippen LogP contribution in [0.5, 0.6) is 0 Å². The molecule has 1 aliphatic rings. The largest absolute Gasteiger partial charge is 0.327 e. The number of hydrogen-bond donors (Lipinski definition) is 1. The minimum absolute atomic E-state index is 0.0987. The monoisotopic (exact) mass is 299 g/mol. The molecular formula is C14H19BrFN. The van der Waals surface area contributed by atoms with E-state index in [1.54, 1.807) is 6.07 Å². The van der Waals surface area contributed by atoms with Crippen LogP contribution < -0.4 is 5.73 Å².